The van der Waals surface area contributed by atoms with Crippen molar-refractivity contribution in [2.45, 2.75) is 25.8 Å². The van der Waals surface area contributed by atoms with Gasteiger partial charge in [0.15, 0.2) is 0 Å². The lowest BCUT2D eigenvalue weighted by Crippen LogP contribution is -2.45. The minimum Gasteiger partial charge on any atom is -0.356 e. The molecule has 1 fully saturated rings. The Kier molecular flexibility index (Phi) is 2.77. The lowest BCUT2D eigenvalue weighted by Gasteiger charge is -2.40. The number of fused-ring (bicyclic) bond motifs is 1. The maximum absolute atomic E-state index is 11.3. The molecule has 0 aromatic carbocycles. The minimum atomic E-state index is 0.237. The number of aryl methyl sites for hydroxylation is 1. The van der Waals surface area contributed by atoms with E-state index in [1.807, 2.05) is 23.9 Å². The van der Waals surface area contributed by atoms with E-state index in [4.69, 9.17) is 0 Å². The second kappa shape index (κ2) is 4.33. The van der Waals surface area contributed by atoms with Gasteiger partial charge >= 0.3 is 0 Å². The molecule has 0 amide bonds. The summed E-state index contributed by atoms with van der Waals surface area (Å²) >= 11 is 0. The summed E-state index contributed by atoms with van der Waals surface area (Å²) in [6.45, 7) is 1.68. The molecule has 5 nitrogen and oxygen atoms in total. The quantitative estimate of drug-likeness (QED) is 0.842. The summed E-state index contributed by atoms with van der Waals surface area (Å²) in [5.74, 6) is 1.50. The topological polar surface area (TPSA) is 51.0 Å². The molecule has 100 valence electrons. The first-order chi connectivity index (χ1) is 9.08. The zero-order chi connectivity index (χ0) is 13.6. The highest BCUT2D eigenvalue weighted by Gasteiger charge is 2.35. The third-order valence-electron chi connectivity index (χ3n) is 4.21. The Morgan fingerprint density at radius 1 is 1.42 bits per heavy atom. The summed E-state index contributed by atoms with van der Waals surface area (Å²) in [5, 5.41) is 1.07. The van der Waals surface area contributed by atoms with Crippen LogP contribution >= 0.6 is 0 Å². The number of ketones is 1. The molecule has 1 aliphatic rings. The van der Waals surface area contributed by atoms with Crippen molar-refractivity contribution in [1.82, 2.24) is 14.5 Å². The average molecular weight is 258 g/mol. The zero-order valence-corrected chi connectivity index (χ0v) is 11.5. The summed E-state index contributed by atoms with van der Waals surface area (Å²) < 4.78 is 1.99. The van der Waals surface area contributed by atoms with Crippen molar-refractivity contribution in [2.24, 2.45) is 13.0 Å². The second-order valence-corrected chi connectivity index (χ2v) is 5.40. The Balaban J connectivity index is 1.87. The van der Waals surface area contributed by atoms with Gasteiger partial charge in [-0.25, -0.2) is 9.97 Å². The summed E-state index contributed by atoms with van der Waals surface area (Å²) in [4.78, 5) is 22.2. The van der Waals surface area contributed by atoms with Crippen LogP contribution in [-0.4, -0.2) is 33.4 Å². The molecule has 5 heteroatoms. The van der Waals surface area contributed by atoms with Crippen molar-refractivity contribution in [3.63, 3.8) is 0 Å². The molecule has 2 aromatic heterocycles. The second-order valence-electron chi connectivity index (χ2n) is 5.40. The van der Waals surface area contributed by atoms with Crippen LogP contribution in [0.3, 0.4) is 0 Å². The van der Waals surface area contributed by atoms with Gasteiger partial charge in [-0.05, 0) is 25.8 Å². The van der Waals surface area contributed by atoms with Gasteiger partial charge in [0.05, 0.1) is 5.39 Å². The van der Waals surface area contributed by atoms with E-state index in [1.54, 1.807) is 13.3 Å². The molecule has 19 heavy (non-hydrogen) atoms. The van der Waals surface area contributed by atoms with E-state index in [0.29, 0.717) is 11.8 Å². The van der Waals surface area contributed by atoms with Crippen LogP contribution in [0, 0.1) is 5.92 Å². The van der Waals surface area contributed by atoms with Crippen molar-refractivity contribution in [3.05, 3.63) is 18.6 Å². The first-order valence-corrected chi connectivity index (χ1v) is 6.57. The standard InChI is InChI=1S/C14H18N4O/c1-9(19)10-6-11(7-10)18(3)14-12-4-5-17(2)13(12)15-8-16-14/h4-5,8,10-11H,6-7H2,1-3H3. The van der Waals surface area contributed by atoms with Crippen LogP contribution in [0.1, 0.15) is 19.8 Å². The van der Waals surface area contributed by atoms with Gasteiger partial charge in [-0.15, -0.1) is 0 Å². The van der Waals surface area contributed by atoms with E-state index in [0.717, 1.165) is 29.7 Å². The Labute approximate surface area is 112 Å². The molecule has 0 aliphatic heterocycles. The van der Waals surface area contributed by atoms with Gasteiger partial charge in [-0.1, -0.05) is 0 Å². The molecule has 0 atom stereocenters. The first kappa shape index (κ1) is 12.1. The van der Waals surface area contributed by atoms with Crippen LogP contribution in [-0.2, 0) is 11.8 Å². The highest BCUT2D eigenvalue weighted by molar-refractivity contribution is 5.88. The highest BCUT2D eigenvalue weighted by Crippen LogP contribution is 2.35. The zero-order valence-electron chi connectivity index (χ0n) is 11.5. The summed E-state index contributed by atoms with van der Waals surface area (Å²) in [6.07, 6.45) is 5.47. The minimum absolute atomic E-state index is 0.237. The molecule has 0 unspecified atom stereocenters. The van der Waals surface area contributed by atoms with Crippen molar-refractivity contribution in [2.75, 3.05) is 11.9 Å². The van der Waals surface area contributed by atoms with Crippen LogP contribution in [0.5, 0.6) is 0 Å². The molecule has 0 N–H and O–H groups in total. The van der Waals surface area contributed by atoms with Crippen molar-refractivity contribution >= 4 is 22.6 Å². The van der Waals surface area contributed by atoms with Gasteiger partial charge in [0, 0.05) is 32.3 Å². The molecule has 0 bridgehead atoms. The number of nitrogens with zero attached hydrogens (tertiary/aromatic N) is 4. The Morgan fingerprint density at radius 2 is 2.16 bits per heavy atom. The number of hydrogen-bond acceptors (Lipinski definition) is 4. The molecule has 2 aromatic rings. The number of Topliss-reactive ketones (excluding diaryl/α,β-unsaturated/α-hetero) is 1. The van der Waals surface area contributed by atoms with E-state index in [9.17, 15) is 4.79 Å². The number of aromatic nitrogens is 3. The number of rotatable bonds is 3. The molecule has 2 heterocycles. The number of carbonyl (C=O) groups is 1. The van der Waals surface area contributed by atoms with Gasteiger partial charge in [-0.3, -0.25) is 4.79 Å². The lowest BCUT2D eigenvalue weighted by atomic mass is 9.77. The maximum atomic E-state index is 11.3. The highest BCUT2D eigenvalue weighted by atomic mass is 16.1. The molecule has 1 saturated carbocycles. The summed E-state index contributed by atoms with van der Waals surface area (Å²) in [7, 11) is 4.03. The molecule has 0 saturated heterocycles. The molecule has 0 spiro atoms. The van der Waals surface area contributed by atoms with Crippen LogP contribution < -0.4 is 4.90 Å². The lowest BCUT2D eigenvalue weighted by molar-refractivity contribution is -0.123. The number of carbonyl (C=O) groups excluding carboxylic acids is 1. The molecule has 3 rings (SSSR count). The average Bonchev–Trinajstić information content (AvgIpc) is 2.69. The molecule has 1 aliphatic carbocycles. The largest absolute Gasteiger partial charge is 0.356 e. The van der Waals surface area contributed by atoms with E-state index in [2.05, 4.69) is 21.9 Å². The molecular formula is C14H18N4O. The fourth-order valence-electron chi connectivity index (χ4n) is 2.75. The van der Waals surface area contributed by atoms with Gasteiger partial charge < -0.3 is 9.47 Å². The fourth-order valence-corrected chi connectivity index (χ4v) is 2.75. The number of hydrogen-bond donors (Lipinski definition) is 0. The Bertz CT molecular complexity index is 627. The Morgan fingerprint density at radius 3 is 2.84 bits per heavy atom. The van der Waals surface area contributed by atoms with Crippen LogP contribution in [0.2, 0.25) is 0 Å². The SMILES string of the molecule is CC(=O)C1CC(N(C)c2ncnc3c2ccn3C)C1. The van der Waals surface area contributed by atoms with Crippen molar-refractivity contribution in [3.8, 4) is 0 Å². The molecular weight excluding hydrogens is 240 g/mol. The summed E-state index contributed by atoms with van der Waals surface area (Å²) in [5.41, 5.74) is 0.944. The normalized spacial score (nSPS) is 22.3. The monoisotopic (exact) mass is 258 g/mol. The van der Waals surface area contributed by atoms with Gasteiger partial charge in [0.2, 0.25) is 0 Å². The molecule has 0 radical (unpaired) electrons. The van der Waals surface area contributed by atoms with Crippen LogP contribution in [0.25, 0.3) is 11.0 Å². The summed E-state index contributed by atoms with van der Waals surface area (Å²) in [6, 6.07) is 2.45. The van der Waals surface area contributed by atoms with E-state index in [1.165, 1.54) is 0 Å². The predicted octanol–water partition coefficient (Wildman–Crippen LogP) is 1.77. The van der Waals surface area contributed by atoms with E-state index < -0.39 is 0 Å². The van der Waals surface area contributed by atoms with E-state index in [-0.39, 0.29) is 5.92 Å². The predicted molar refractivity (Wildman–Crippen MR) is 74.1 cm³/mol. The smallest absolute Gasteiger partial charge is 0.145 e. The third kappa shape index (κ3) is 1.89. The fraction of sp³-hybridized carbons (Fsp3) is 0.500. The first-order valence-electron chi connectivity index (χ1n) is 6.57. The van der Waals surface area contributed by atoms with Gasteiger partial charge in [0.1, 0.15) is 23.6 Å². The van der Waals surface area contributed by atoms with Gasteiger partial charge in [0.25, 0.3) is 0 Å². The number of anilines is 1. The van der Waals surface area contributed by atoms with Gasteiger partial charge in [-0.2, -0.15) is 0 Å². The Hall–Kier alpha value is -1.91. The maximum Gasteiger partial charge on any atom is 0.145 e. The van der Waals surface area contributed by atoms with Crippen molar-refractivity contribution in [1.29, 1.82) is 0 Å². The van der Waals surface area contributed by atoms with Crippen molar-refractivity contribution < 1.29 is 4.79 Å². The third-order valence-corrected chi connectivity index (χ3v) is 4.21. The van der Waals surface area contributed by atoms with Crippen LogP contribution in [0.4, 0.5) is 5.82 Å². The van der Waals surface area contributed by atoms with Crippen LogP contribution in [0.15, 0.2) is 18.6 Å². The van der Waals surface area contributed by atoms with E-state index >= 15 is 0 Å².